The number of hydrogen-bond acceptors (Lipinski definition) is 4. The highest BCUT2D eigenvalue weighted by molar-refractivity contribution is 5.83. The van der Waals surface area contributed by atoms with Crippen LogP contribution < -0.4 is 0 Å². The number of hydrogen-bond donors (Lipinski definition) is 0. The monoisotopic (exact) mass is 418 g/mol. The Bertz CT molecular complexity index is 1140. The molecule has 158 valence electrons. The zero-order valence-electron chi connectivity index (χ0n) is 18.9. The van der Waals surface area contributed by atoms with Crippen LogP contribution in [0.4, 0.5) is 11.4 Å². The summed E-state index contributed by atoms with van der Waals surface area (Å²) in [5.41, 5.74) is 10.6. The van der Waals surface area contributed by atoms with Gasteiger partial charge in [0.15, 0.2) is 0 Å². The molecule has 0 aliphatic heterocycles. The first-order valence-corrected chi connectivity index (χ1v) is 10.6. The molecule has 0 saturated carbocycles. The second-order valence-corrected chi connectivity index (χ2v) is 7.94. The Kier molecular flexibility index (Phi) is 6.31. The third-order valence-corrected chi connectivity index (χ3v) is 5.34. The smallest absolute Gasteiger partial charge is 0.0812 e. The first-order chi connectivity index (χ1) is 15.5. The number of aliphatic imine (C=N–C) groups is 2. The molecule has 4 rings (SSSR count). The van der Waals surface area contributed by atoms with Crippen molar-refractivity contribution in [2.24, 2.45) is 9.98 Å². The molecule has 0 bridgehead atoms. The minimum Gasteiger partial charge on any atom is -0.255 e. The molecular weight excluding hydrogens is 392 g/mol. The van der Waals surface area contributed by atoms with Crippen LogP contribution in [-0.4, -0.2) is 22.4 Å². The lowest BCUT2D eigenvalue weighted by Crippen LogP contribution is -1.91. The number of benzene rings is 2. The number of aryl methyl sites for hydroxylation is 4. The minimum absolute atomic E-state index is 0.850. The predicted octanol–water partition coefficient (Wildman–Crippen LogP) is 6.88. The zero-order chi connectivity index (χ0) is 22.5. The number of pyridine rings is 2. The molecule has 4 heteroatoms. The van der Waals surface area contributed by atoms with Gasteiger partial charge in [-0.1, -0.05) is 12.1 Å². The van der Waals surface area contributed by atoms with Crippen LogP contribution in [0.1, 0.15) is 33.6 Å². The highest BCUT2D eigenvalue weighted by Gasteiger charge is 2.10. The van der Waals surface area contributed by atoms with Gasteiger partial charge in [0.05, 0.1) is 35.2 Å². The summed E-state index contributed by atoms with van der Waals surface area (Å²) >= 11 is 0. The van der Waals surface area contributed by atoms with Gasteiger partial charge in [-0.25, -0.2) is 0 Å². The molecular formula is C28H26N4. The second-order valence-electron chi connectivity index (χ2n) is 7.94. The first-order valence-electron chi connectivity index (χ1n) is 10.6. The summed E-state index contributed by atoms with van der Waals surface area (Å²) < 4.78 is 0. The van der Waals surface area contributed by atoms with Crippen molar-refractivity contribution < 1.29 is 0 Å². The predicted molar refractivity (Wildman–Crippen MR) is 134 cm³/mol. The van der Waals surface area contributed by atoms with Gasteiger partial charge in [0, 0.05) is 12.4 Å². The third kappa shape index (κ3) is 4.86. The van der Waals surface area contributed by atoms with Crippen LogP contribution in [0.2, 0.25) is 0 Å². The molecule has 0 N–H and O–H groups in total. The van der Waals surface area contributed by atoms with E-state index in [2.05, 4.69) is 61.9 Å². The van der Waals surface area contributed by atoms with E-state index in [-0.39, 0.29) is 0 Å². The average molecular weight is 419 g/mol. The summed E-state index contributed by atoms with van der Waals surface area (Å²) in [6.45, 7) is 8.42. The van der Waals surface area contributed by atoms with E-state index in [0.717, 1.165) is 45.0 Å². The first kappa shape index (κ1) is 21.3. The summed E-state index contributed by atoms with van der Waals surface area (Å²) in [5, 5.41) is 0. The molecule has 0 spiro atoms. The van der Waals surface area contributed by atoms with Crippen molar-refractivity contribution in [3.63, 3.8) is 0 Å². The van der Waals surface area contributed by atoms with Crippen molar-refractivity contribution >= 4 is 23.8 Å². The Morgan fingerprint density at radius 2 is 0.938 bits per heavy atom. The fourth-order valence-electron chi connectivity index (χ4n) is 3.82. The third-order valence-electron chi connectivity index (χ3n) is 5.34. The van der Waals surface area contributed by atoms with Gasteiger partial charge in [0.1, 0.15) is 0 Å². The van der Waals surface area contributed by atoms with Crippen molar-refractivity contribution in [1.82, 2.24) is 9.97 Å². The Labute approximate surface area is 189 Å². The van der Waals surface area contributed by atoms with Gasteiger partial charge in [-0.05, 0) is 110 Å². The molecule has 4 nitrogen and oxygen atoms in total. The highest BCUT2D eigenvalue weighted by Crippen LogP contribution is 2.34. The summed E-state index contributed by atoms with van der Waals surface area (Å²) in [6.07, 6.45) is 7.19. The fourth-order valence-corrected chi connectivity index (χ4v) is 3.82. The van der Waals surface area contributed by atoms with Gasteiger partial charge in [-0.15, -0.1) is 0 Å². The van der Waals surface area contributed by atoms with Gasteiger partial charge in [0.25, 0.3) is 0 Å². The van der Waals surface area contributed by atoms with Crippen LogP contribution >= 0.6 is 0 Å². The van der Waals surface area contributed by atoms with Crippen molar-refractivity contribution in [2.45, 2.75) is 27.7 Å². The standard InChI is InChI=1S/C28H26N4/c1-19-13-23(14-20(2)27(19)31-17-25-9-5-7-11-29-25)24-15-21(3)28(22(4)16-24)32-18-26-10-6-8-12-30-26/h5-18H,1-4H3. The molecule has 4 aromatic rings. The number of nitrogens with zero attached hydrogens (tertiary/aromatic N) is 4. The number of aromatic nitrogens is 2. The maximum absolute atomic E-state index is 4.70. The largest absolute Gasteiger partial charge is 0.255 e. The molecule has 0 aliphatic rings. The van der Waals surface area contributed by atoms with Crippen LogP contribution in [0.5, 0.6) is 0 Å². The Morgan fingerprint density at radius 1 is 0.562 bits per heavy atom. The van der Waals surface area contributed by atoms with Gasteiger partial charge < -0.3 is 0 Å². The molecule has 0 aliphatic carbocycles. The van der Waals surface area contributed by atoms with E-state index in [1.165, 1.54) is 11.1 Å². The van der Waals surface area contributed by atoms with Gasteiger partial charge in [-0.2, -0.15) is 0 Å². The molecule has 0 unspecified atom stereocenters. The van der Waals surface area contributed by atoms with Crippen molar-refractivity contribution in [3.05, 3.63) is 107 Å². The van der Waals surface area contributed by atoms with Crippen molar-refractivity contribution in [1.29, 1.82) is 0 Å². The molecule has 0 atom stereocenters. The average Bonchev–Trinajstić information content (AvgIpc) is 2.79. The van der Waals surface area contributed by atoms with E-state index < -0.39 is 0 Å². The number of rotatable bonds is 5. The second kappa shape index (κ2) is 9.48. The van der Waals surface area contributed by atoms with Crippen LogP contribution in [0.3, 0.4) is 0 Å². The Balaban J connectivity index is 1.64. The SMILES string of the molecule is Cc1cc(-c2cc(C)c(N=Cc3ccccn3)c(C)c2)cc(C)c1N=Cc1ccccn1. The lowest BCUT2D eigenvalue weighted by molar-refractivity contribution is 1.28. The molecule has 2 heterocycles. The van der Waals surface area contributed by atoms with E-state index in [1.807, 2.05) is 48.8 Å². The Hall–Kier alpha value is -3.92. The molecule has 2 aromatic heterocycles. The van der Waals surface area contributed by atoms with Crippen molar-refractivity contribution in [3.8, 4) is 11.1 Å². The highest BCUT2D eigenvalue weighted by atomic mass is 14.8. The quantitative estimate of drug-likeness (QED) is 0.332. The topological polar surface area (TPSA) is 50.5 Å². The molecule has 32 heavy (non-hydrogen) atoms. The zero-order valence-corrected chi connectivity index (χ0v) is 18.9. The van der Waals surface area contributed by atoms with Crippen LogP contribution in [-0.2, 0) is 0 Å². The lowest BCUT2D eigenvalue weighted by Gasteiger charge is -2.13. The van der Waals surface area contributed by atoms with Gasteiger partial charge in [0.2, 0.25) is 0 Å². The summed E-state index contributed by atoms with van der Waals surface area (Å²) in [7, 11) is 0. The van der Waals surface area contributed by atoms with E-state index >= 15 is 0 Å². The van der Waals surface area contributed by atoms with E-state index in [0.29, 0.717) is 0 Å². The fraction of sp³-hybridized carbons (Fsp3) is 0.143. The molecule has 0 radical (unpaired) electrons. The van der Waals surface area contributed by atoms with Crippen molar-refractivity contribution in [2.75, 3.05) is 0 Å². The molecule has 2 aromatic carbocycles. The van der Waals surface area contributed by atoms with E-state index in [1.54, 1.807) is 12.4 Å². The molecule has 0 saturated heterocycles. The van der Waals surface area contributed by atoms with E-state index in [9.17, 15) is 0 Å². The minimum atomic E-state index is 0.850. The van der Waals surface area contributed by atoms with Crippen LogP contribution in [0, 0.1) is 27.7 Å². The summed E-state index contributed by atoms with van der Waals surface area (Å²) in [5.74, 6) is 0. The molecule has 0 fully saturated rings. The van der Waals surface area contributed by atoms with E-state index in [4.69, 9.17) is 9.98 Å². The lowest BCUT2D eigenvalue weighted by atomic mass is 9.95. The van der Waals surface area contributed by atoms with Gasteiger partial charge >= 0.3 is 0 Å². The summed E-state index contributed by atoms with van der Waals surface area (Å²) in [6, 6.07) is 20.4. The maximum atomic E-state index is 4.70. The molecule has 0 amide bonds. The maximum Gasteiger partial charge on any atom is 0.0812 e. The Morgan fingerprint density at radius 3 is 1.25 bits per heavy atom. The van der Waals surface area contributed by atoms with Gasteiger partial charge in [-0.3, -0.25) is 20.0 Å². The normalized spacial score (nSPS) is 11.5. The van der Waals surface area contributed by atoms with Crippen LogP contribution in [0.15, 0.2) is 83.0 Å². The summed E-state index contributed by atoms with van der Waals surface area (Å²) in [4.78, 5) is 18.0. The van der Waals surface area contributed by atoms with Crippen LogP contribution in [0.25, 0.3) is 11.1 Å².